The van der Waals surface area contributed by atoms with Gasteiger partial charge in [-0.2, -0.15) is 0 Å². The molecule has 9 heteroatoms. The monoisotopic (exact) mass is 470 g/mol. The Labute approximate surface area is 193 Å². The summed E-state index contributed by atoms with van der Waals surface area (Å²) in [6.07, 6.45) is 1.68. The standard InChI is InChI=1S/C22H16Cl2N4O2S/c23-17-7-5-14(12-16(17)19-3-1-2-8-26-19)28(22-27-9-10-31-22)21(30)15-6-4-13(20(25)29)11-18(15)24/h1-8,11-12H,9-10H2,(H2,25,29). The zero-order valence-corrected chi connectivity index (χ0v) is 18.4. The van der Waals surface area contributed by atoms with Crippen LogP contribution in [0.1, 0.15) is 20.7 Å². The molecule has 0 unspecified atom stereocenters. The third kappa shape index (κ3) is 4.44. The first-order valence-corrected chi connectivity index (χ1v) is 11.0. The van der Waals surface area contributed by atoms with Crippen LogP contribution in [-0.4, -0.2) is 34.3 Å². The Bertz CT molecular complexity index is 1200. The Morgan fingerprint density at radius 1 is 1.03 bits per heavy atom. The smallest absolute Gasteiger partial charge is 0.265 e. The minimum Gasteiger partial charge on any atom is -0.366 e. The quantitative estimate of drug-likeness (QED) is 0.586. The minimum atomic E-state index is -0.619. The molecule has 31 heavy (non-hydrogen) atoms. The molecule has 1 aromatic heterocycles. The lowest BCUT2D eigenvalue weighted by Crippen LogP contribution is -2.35. The summed E-state index contributed by atoms with van der Waals surface area (Å²) in [7, 11) is 0. The van der Waals surface area contributed by atoms with Crippen molar-refractivity contribution in [2.45, 2.75) is 0 Å². The third-order valence-electron chi connectivity index (χ3n) is 4.60. The summed E-state index contributed by atoms with van der Waals surface area (Å²) in [5.41, 5.74) is 7.73. The van der Waals surface area contributed by atoms with Gasteiger partial charge in [0, 0.05) is 23.1 Å². The Morgan fingerprint density at radius 3 is 2.52 bits per heavy atom. The Kier molecular flexibility index (Phi) is 6.27. The fourth-order valence-corrected chi connectivity index (χ4v) is 4.45. The van der Waals surface area contributed by atoms with Crippen molar-refractivity contribution >= 4 is 57.6 Å². The molecule has 0 atom stereocenters. The van der Waals surface area contributed by atoms with Gasteiger partial charge in [-0.3, -0.25) is 24.5 Å². The number of anilines is 1. The molecule has 1 aliphatic rings. The summed E-state index contributed by atoms with van der Waals surface area (Å²) in [5.74, 6) is -0.219. The lowest BCUT2D eigenvalue weighted by Gasteiger charge is -2.23. The van der Waals surface area contributed by atoms with Crippen LogP contribution in [0.2, 0.25) is 10.0 Å². The number of rotatable bonds is 4. The molecule has 0 saturated heterocycles. The molecule has 0 spiro atoms. The lowest BCUT2D eigenvalue weighted by atomic mass is 10.1. The van der Waals surface area contributed by atoms with Crippen molar-refractivity contribution < 1.29 is 9.59 Å². The number of amidine groups is 1. The second-order valence-electron chi connectivity index (χ2n) is 6.59. The van der Waals surface area contributed by atoms with E-state index in [9.17, 15) is 9.59 Å². The van der Waals surface area contributed by atoms with Gasteiger partial charge < -0.3 is 5.73 Å². The predicted molar refractivity (Wildman–Crippen MR) is 126 cm³/mol. The highest BCUT2D eigenvalue weighted by Gasteiger charge is 2.28. The summed E-state index contributed by atoms with van der Waals surface area (Å²) in [5, 5.41) is 1.21. The fraction of sp³-hybridized carbons (Fsp3) is 0.0909. The van der Waals surface area contributed by atoms with Crippen LogP contribution in [0.3, 0.4) is 0 Å². The van der Waals surface area contributed by atoms with E-state index in [-0.39, 0.29) is 22.1 Å². The first kappa shape index (κ1) is 21.4. The number of nitrogens with two attached hydrogens (primary N) is 1. The van der Waals surface area contributed by atoms with Gasteiger partial charge >= 0.3 is 0 Å². The van der Waals surface area contributed by atoms with Crippen LogP contribution >= 0.6 is 35.0 Å². The van der Waals surface area contributed by atoms with Crippen LogP contribution in [0, 0.1) is 0 Å². The molecular formula is C22H16Cl2N4O2S. The van der Waals surface area contributed by atoms with E-state index in [1.54, 1.807) is 24.4 Å². The lowest BCUT2D eigenvalue weighted by molar-refractivity contribution is 0.0990. The second-order valence-corrected chi connectivity index (χ2v) is 8.47. The molecule has 0 saturated carbocycles. The van der Waals surface area contributed by atoms with Crippen LogP contribution in [0.5, 0.6) is 0 Å². The van der Waals surface area contributed by atoms with Crippen LogP contribution < -0.4 is 10.6 Å². The number of thioether (sulfide) groups is 1. The van der Waals surface area contributed by atoms with Gasteiger partial charge in [-0.05, 0) is 48.5 Å². The zero-order chi connectivity index (χ0) is 22.0. The van der Waals surface area contributed by atoms with Crippen molar-refractivity contribution in [1.29, 1.82) is 0 Å². The van der Waals surface area contributed by atoms with E-state index in [0.29, 0.717) is 33.7 Å². The van der Waals surface area contributed by atoms with E-state index in [0.717, 1.165) is 5.75 Å². The van der Waals surface area contributed by atoms with E-state index in [1.807, 2.05) is 18.2 Å². The van der Waals surface area contributed by atoms with Crippen molar-refractivity contribution in [3.05, 3.63) is 82.0 Å². The number of primary amides is 1. The number of aromatic nitrogens is 1. The number of nitrogens with zero attached hydrogens (tertiary/aromatic N) is 3. The fourth-order valence-electron chi connectivity index (χ4n) is 3.11. The van der Waals surface area contributed by atoms with Gasteiger partial charge in [0.05, 0.1) is 33.5 Å². The Balaban J connectivity index is 1.80. The van der Waals surface area contributed by atoms with Crippen LogP contribution in [-0.2, 0) is 0 Å². The molecule has 2 N–H and O–H groups in total. The molecule has 6 nitrogen and oxygen atoms in total. The maximum Gasteiger partial charge on any atom is 0.265 e. The molecule has 0 bridgehead atoms. The largest absolute Gasteiger partial charge is 0.366 e. The highest BCUT2D eigenvalue weighted by atomic mass is 35.5. The van der Waals surface area contributed by atoms with Crippen LogP contribution in [0.25, 0.3) is 11.3 Å². The predicted octanol–water partition coefficient (Wildman–Crippen LogP) is 4.90. The van der Waals surface area contributed by atoms with Crippen LogP contribution in [0.15, 0.2) is 65.8 Å². The summed E-state index contributed by atoms with van der Waals surface area (Å²) in [6, 6.07) is 15.2. The normalized spacial score (nSPS) is 13.0. The molecule has 2 amide bonds. The number of hydrogen-bond acceptors (Lipinski definition) is 5. The molecule has 2 heterocycles. The van der Waals surface area contributed by atoms with Crippen molar-refractivity contribution in [1.82, 2.24) is 4.98 Å². The number of aliphatic imine (C=N–C) groups is 1. The van der Waals surface area contributed by atoms with Crippen molar-refractivity contribution in [2.24, 2.45) is 10.7 Å². The number of benzene rings is 2. The van der Waals surface area contributed by atoms with Crippen molar-refractivity contribution in [2.75, 3.05) is 17.2 Å². The molecule has 3 aromatic rings. The third-order valence-corrected chi connectivity index (χ3v) is 6.20. The summed E-state index contributed by atoms with van der Waals surface area (Å²) < 4.78 is 0. The van der Waals surface area contributed by atoms with E-state index in [2.05, 4.69) is 9.98 Å². The average Bonchev–Trinajstić information content (AvgIpc) is 3.29. The Hall–Kier alpha value is -2.87. The molecule has 4 rings (SSSR count). The van der Waals surface area contributed by atoms with E-state index in [4.69, 9.17) is 28.9 Å². The van der Waals surface area contributed by atoms with Crippen molar-refractivity contribution in [3.8, 4) is 11.3 Å². The highest BCUT2D eigenvalue weighted by Crippen LogP contribution is 2.34. The molecule has 0 aliphatic carbocycles. The maximum absolute atomic E-state index is 13.5. The van der Waals surface area contributed by atoms with Gasteiger partial charge in [-0.25, -0.2) is 0 Å². The van der Waals surface area contributed by atoms with Gasteiger partial charge in [-0.1, -0.05) is 41.0 Å². The van der Waals surface area contributed by atoms with Gasteiger partial charge in [0.2, 0.25) is 5.91 Å². The molecule has 0 radical (unpaired) electrons. The zero-order valence-electron chi connectivity index (χ0n) is 16.1. The average molecular weight is 471 g/mol. The van der Waals surface area contributed by atoms with E-state index in [1.165, 1.54) is 34.9 Å². The molecule has 2 aromatic carbocycles. The minimum absolute atomic E-state index is 0.133. The molecule has 0 fully saturated rings. The molecule has 1 aliphatic heterocycles. The summed E-state index contributed by atoms with van der Waals surface area (Å²) >= 11 is 14.2. The van der Waals surface area contributed by atoms with Crippen molar-refractivity contribution in [3.63, 3.8) is 0 Å². The highest BCUT2D eigenvalue weighted by molar-refractivity contribution is 8.14. The Morgan fingerprint density at radius 2 is 1.87 bits per heavy atom. The number of carbonyl (C=O) groups excluding carboxylic acids is 2. The second kappa shape index (κ2) is 9.09. The van der Waals surface area contributed by atoms with Gasteiger partial charge in [0.15, 0.2) is 5.17 Å². The number of pyridine rings is 1. The first-order chi connectivity index (χ1) is 15.0. The van der Waals surface area contributed by atoms with Gasteiger partial charge in [0.1, 0.15) is 0 Å². The van der Waals surface area contributed by atoms with Gasteiger partial charge in [-0.15, -0.1) is 0 Å². The molecule has 156 valence electrons. The van der Waals surface area contributed by atoms with E-state index >= 15 is 0 Å². The van der Waals surface area contributed by atoms with E-state index < -0.39 is 5.91 Å². The number of halogens is 2. The maximum atomic E-state index is 13.5. The summed E-state index contributed by atoms with van der Waals surface area (Å²) in [6.45, 7) is 0.610. The number of hydrogen-bond donors (Lipinski definition) is 1. The van der Waals surface area contributed by atoms with Gasteiger partial charge in [0.25, 0.3) is 5.91 Å². The number of carbonyl (C=O) groups is 2. The SMILES string of the molecule is NC(=O)c1ccc(C(=O)N(C2=NCCS2)c2ccc(Cl)c(-c3ccccn3)c2)c(Cl)c1. The first-order valence-electron chi connectivity index (χ1n) is 9.27. The van der Waals surface area contributed by atoms with Crippen LogP contribution in [0.4, 0.5) is 5.69 Å². The summed E-state index contributed by atoms with van der Waals surface area (Å²) in [4.78, 5) is 35.3. The number of amides is 2. The molecular weight excluding hydrogens is 455 g/mol. The topological polar surface area (TPSA) is 88.7 Å².